The monoisotopic (exact) mass is 556 g/mol. The first-order valence-corrected chi connectivity index (χ1v) is 13.5. The second-order valence-corrected chi connectivity index (χ2v) is 10.2. The minimum Gasteiger partial charge on any atom is -0.494 e. The Kier molecular flexibility index (Phi) is 8.77. The van der Waals surface area contributed by atoms with E-state index in [4.69, 9.17) is 23.7 Å². The lowest BCUT2D eigenvalue weighted by Crippen LogP contribution is -2.26. The van der Waals surface area contributed by atoms with E-state index >= 15 is 0 Å². The van der Waals surface area contributed by atoms with Crippen LogP contribution in [-0.2, 0) is 24.3 Å². The molecule has 0 saturated carbocycles. The van der Waals surface area contributed by atoms with Gasteiger partial charge < -0.3 is 29.0 Å². The number of hydrogen-bond acceptors (Lipinski definition) is 9. The van der Waals surface area contributed by atoms with E-state index in [2.05, 4.69) is 5.32 Å². The van der Waals surface area contributed by atoms with Gasteiger partial charge in [-0.1, -0.05) is 0 Å². The SMILES string of the molecule is CCOc1ccc(S(=O)(=O)N(C)c2ccc(OCC(=O)OCC(=O)Nc3ccc4c(c3)OCCO4)cc2)cc1. The molecule has 0 bridgehead atoms. The van der Waals surface area contributed by atoms with Crippen molar-refractivity contribution in [3.8, 4) is 23.0 Å². The summed E-state index contributed by atoms with van der Waals surface area (Å²) in [5, 5.41) is 2.62. The molecule has 0 spiro atoms. The van der Waals surface area contributed by atoms with Crippen LogP contribution in [0.5, 0.6) is 23.0 Å². The number of carbonyl (C=O) groups is 2. The summed E-state index contributed by atoms with van der Waals surface area (Å²) in [5.74, 6) is 0.753. The zero-order valence-electron chi connectivity index (χ0n) is 21.4. The van der Waals surface area contributed by atoms with Crippen LogP contribution < -0.4 is 28.6 Å². The van der Waals surface area contributed by atoms with Crippen LogP contribution in [0.4, 0.5) is 11.4 Å². The number of fused-ring (bicyclic) bond motifs is 1. The first kappa shape index (κ1) is 27.6. The van der Waals surface area contributed by atoms with Crippen molar-refractivity contribution in [3.63, 3.8) is 0 Å². The van der Waals surface area contributed by atoms with Crippen LogP contribution in [-0.4, -0.2) is 60.4 Å². The van der Waals surface area contributed by atoms with Gasteiger partial charge >= 0.3 is 5.97 Å². The van der Waals surface area contributed by atoms with Crippen molar-refractivity contribution in [2.45, 2.75) is 11.8 Å². The molecule has 11 nitrogen and oxygen atoms in total. The number of nitrogens with one attached hydrogen (secondary N) is 1. The minimum atomic E-state index is -3.79. The van der Waals surface area contributed by atoms with E-state index in [9.17, 15) is 18.0 Å². The number of anilines is 2. The van der Waals surface area contributed by atoms with E-state index in [0.717, 1.165) is 4.31 Å². The Morgan fingerprint density at radius 2 is 1.51 bits per heavy atom. The molecule has 12 heteroatoms. The summed E-state index contributed by atoms with van der Waals surface area (Å²) in [6.45, 7) is 2.28. The minimum absolute atomic E-state index is 0.120. The van der Waals surface area contributed by atoms with Crippen LogP contribution in [0.1, 0.15) is 6.92 Å². The molecule has 0 radical (unpaired) electrons. The van der Waals surface area contributed by atoms with Gasteiger partial charge in [-0.2, -0.15) is 0 Å². The molecular weight excluding hydrogens is 528 g/mol. The van der Waals surface area contributed by atoms with Crippen molar-refractivity contribution in [1.82, 2.24) is 0 Å². The van der Waals surface area contributed by atoms with E-state index in [-0.39, 0.29) is 4.90 Å². The number of sulfonamides is 1. The average molecular weight is 557 g/mol. The summed E-state index contributed by atoms with van der Waals surface area (Å²) < 4.78 is 53.7. The number of amides is 1. The second kappa shape index (κ2) is 12.4. The van der Waals surface area contributed by atoms with Gasteiger partial charge in [0.2, 0.25) is 0 Å². The molecule has 0 saturated heterocycles. The molecule has 0 aromatic heterocycles. The third-order valence-corrected chi connectivity index (χ3v) is 7.34. The largest absolute Gasteiger partial charge is 0.494 e. The zero-order chi connectivity index (χ0) is 27.8. The first-order valence-electron chi connectivity index (χ1n) is 12.1. The van der Waals surface area contributed by atoms with E-state index < -0.39 is 35.1 Å². The highest BCUT2D eigenvalue weighted by molar-refractivity contribution is 7.92. The topological polar surface area (TPSA) is 130 Å². The van der Waals surface area contributed by atoms with Gasteiger partial charge in [-0.05, 0) is 67.6 Å². The molecule has 0 atom stereocenters. The van der Waals surface area contributed by atoms with Crippen molar-refractivity contribution in [2.24, 2.45) is 0 Å². The molecule has 1 amide bonds. The number of esters is 1. The van der Waals surface area contributed by atoms with Crippen molar-refractivity contribution in [2.75, 3.05) is 49.7 Å². The van der Waals surface area contributed by atoms with Crippen LogP contribution in [0.25, 0.3) is 0 Å². The number of carbonyl (C=O) groups excluding carboxylic acids is 2. The lowest BCUT2D eigenvalue weighted by atomic mass is 10.2. The van der Waals surface area contributed by atoms with Crippen molar-refractivity contribution < 1.29 is 41.7 Å². The van der Waals surface area contributed by atoms with Gasteiger partial charge in [-0.3, -0.25) is 9.10 Å². The molecule has 0 unspecified atom stereocenters. The number of hydrogen-bond donors (Lipinski definition) is 1. The summed E-state index contributed by atoms with van der Waals surface area (Å²) in [7, 11) is -2.35. The molecule has 4 rings (SSSR count). The fraction of sp³-hybridized carbons (Fsp3) is 0.259. The predicted octanol–water partition coefficient (Wildman–Crippen LogP) is 3.24. The molecule has 1 N–H and O–H groups in total. The van der Waals surface area contributed by atoms with Gasteiger partial charge in [0.05, 0.1) is 17.2 Å². The number of nitrogens with zero attached hydrogens (tertiary/aromatic N) is 1. The summed E-state index contributed by atoms with van der Waals surface area (Å²) in [5.41, 5.74) is 0.876. The third-order valence-electron chi connectivity index (χ3n) is 5.54. The standard InChI is InChI=1S/C27H28N2O9S/c1-3-34-21-9-11-23(12-10-21)39(32,33)29(2)20-5-7-22(8-6-20)37-18-27(31)38-17-26(30)28-19-4-13-24-25(16-19)36-15-14-35-24/h4-13,16H,3,14-15,17-18H2,1-2H3,(H,28,30). The van der Waals surface area contributed by atoms with E-state index in [1.807, 2.05) is 6.92 Å². The van der Waals surface area contributed by atoms with Crippen molar-refractivity contribution in [3.05, 3.63) is 66.7 Å². The lowest BCUT2D eigenvalue weighted by molar-refractivity contribution is -0.149. The smallest absolute Gasteiger partial charge is 0.344 e. The molecule has 1 aliphatic rings. The number of ether oxygens (including phenoxy) is 5. The van der Waals surface area contributed by atoms with Gasteiger partial charge in [0.15, 0.2) is 24.7 Å². The molecule has 0 aliphatic carbocycles. The molecule has 1 heterocycles. The zero-order valence-corrected chi connectivity index (χ0v) is 22.2. The summed E-state index contributed by atoms with van der Waals surface area (Å²) in [6, 6.07) is 17.3. The maximum atomic E-state index is 13.0. The van der Waals surface area contributed by atoms with Crippen LogP contribution in [0.2, 0.25) is 0 Å². The predicted molar refractivity (Wildman–Crippen MR) is 142 cm³/mol. The highest BCUT2D eigenvalue weighted by Crippen LogP contribution is 2.32. The van der Waals surface area contributed by atoms with E-state index in [1.165, 1.54) is 31.3 Å². The van der Waals surface area contributed by atoms with Gasteiger partial charge in [0, 0.05) is 18.8 Å². The summed E-state index contributed by atoms with van der Waals surface area (Å²) in [6.07, 6.45) is 0. The number of benzene rings is 3. The van der Waals surface area contributed by atoms with Crippen LogP contribution in [0.3, 0.4) is 0 Å². The Labute approximate surface area is 226 Å². The van der Waals surface area contributed by atoms with Gasteiger partial charge in [-0.15, -0.1) is 0 Å². The Morgan fingerprint density at radius 3 is 2.21 bits per heavy atom. The van der Waals surface area contributed by atoms with Crippen LogP contribution in [0, 0.1) is 0 Å². The van der Waals surface area contributed by atoms with Gasteiger partial charge in [0.25, 0.3) is 15.9 Å². The third kappa shape index (κ3) is 7.11. The molecule has 0 fully saturated rings. The molecule has 3 aromatic carbocycles. The fourth-order valence-electron chi connectivity index (χ4n) is 3.57. The maximum absolute atomic E-state index is 13.0. The Balaban J connectivity index is 1.24. The summed E-state index contributed by atoms with van der Waals surface area (Å²) in [4.78, 5) is 24.3. The summed E-state index contributed by atoms with van der Waals surface area (Å²) >= 11 is 0. The lowest BCUT2D eigenvalue weighted by Gasteiger charge is -2.20. The highest BCUT2D eigenvalue weighted by atomic mass is 32.2. The van der Waals surface area contributed by atoms with Gasteiger partial charge in [-0.25, -0.2) is 13.2 Å². The normalized spacial score (nSPS) is 12.3. The Bertz CT molecular complexity index is 1410. The first-order chi connectivity index (χ1) is 18.8. The van der Waals surface area contributed by atoms with E-state index in [1.54, 1.807) is 42.5 Å². The van der Waals surface area contributed by atoms with E-state index in [0.29, 0.717) is 54.2 Å². The van der Waals surface area contributed by atoms with Crippen molar-refractivity contribution in [1.29, 1.82) is 0 Å². The van der Waals surface area contributed by atoms with Gasteiger partial charge in [0.1, 0.15) is 24.7 Å². The average Bonchev–Trinajstić information content (AvgIpc) is 2.95. The fourth-order valence-corrected chi connectivity index (χ4v) is 4.77. The second-order valence-electron chi connectivity index (χ2n) is 8.23. The molecular formula is C27H28N2O9S. The number of rotatable bonds is 11. The van der Waals surface area contributed by atoms with Crippen molar-refractivity contribution >= 4 is 33.3 Å². The molecule has 3 aromatic rings. The Morgan fingerprint density at radius 1 is 0.872 bits per heavy atom. The molecule has 206 valence electrons. The van der Waals surface area contributed by atoms with Crippen LogP contribution in [0.15, 0.2) is 71.6 Å². The van der Waals surface area contributed by atoms with Crippen LogP contribution >= 0.6 is 0 Å². The highest BCUT2D eigenvalue weighted by Gasteiger charge is 2.21. The Hall–Kier alpha value is -4.45. The molecule has 39 heavy (non-hydrogen) atoms. The maximum Gasteiger partial charge on any atom is 0.344 e. The molecule has 1 aliphatic heterocycles. The quantitative estimate of drug-likeness (QED) is 0.354.